The van der Waals surface area contributed by atoms with E-state index in [2.05, 4.69) is 59.3 Å². The Morgan fingerprint density at radius 2 is 1.39 bits per heavy atom. The van der Waals surface area contributed by atoms with Gasteiger partial charge in [0, 0.05) is 12.8 Å². The monoisotopic (exact) mass is 547 g/mol. The average Bonchev–Trinajstić information content (AvgIpc) is 2.85. The van der Waals surface area contributed by atoms with Gasteiger partial charge < -0.3 is 14.9 Å². The van der Waals surface area contributed by atoms with Crippen LogP contribution in [0.4, 0.5) is 0 Å². The third-order valence-electron chi connectivity index (χ3n) is 5.45. The molecule has 38 heavy (non-hydrogen) atoms. The van der Waals surface area contributed by atoms with Crippen LogP contribution in [0.5, 0.6) is 5.75 Å². The topological polar surface area (TPSA) is 133 Å². The summed E-state index contributed by atoms with van der Waals surface area (Å²) in [6.45, 7) is 2.21. The van der Waals surface area contributed by atoms with Crippen LogP contribution >= 0.6 is 7.82 Å². The SMILES string of the molecule is CCCCC/C=C\C/C=C\C/C=C\C/C=C\CCCC(=O)N[C@@H](Cc1ccc(OP(=O)(O)O)cc1)C(=O)O. The highest BCUT2D eigenvalue weighted by molar-refractivity contribution is 7.46. The van der Waals surface area contributed by atoms with Crippen molar-refractivity contribution >= 4 is 19.7 Å². The fraction of sp³-hybridized carbons (Fsp3) is 0.448. The standard InChI is InChI=1S/C29H42NO7P/c1-2-3-4-5-6-7-8-9-10-11-12-13-14-15-16-17-18-19-28(31)30-27(29(32)33)24-25-20-22-26(23-21-25)37-38(34,35)36/h6-7,9-10,12-13,15-16,20-23,27H,2-5,8,11,14,17-19,24H2,1H3,(H,30,31)(H,32,33)(H2,34,35,36)/b7-6-,10-9-,13-12-,16-15-/t27-/m0/s1. The fourth-order valence-electron chi connectivity index (χ4n) is 3.47. The smallest absolute Gasteiger partial charge is 0.480 e. The first-order valence-electron chi connectivity index (χ1n) is 13.2. The van der Waals surface area contributed by atoms with E-state index in [0.29, 0.717) is 12.0 Å². The van der Waals surface area contributed by atoms with Gasteiger partial charge in [-0.05, 0) is 62.6 Å². The maximum absolute atomic E-state index is 12.2. The molecule has 9 heteroatoms. The van der Waals surface area contributed by atoms with Gasteiger partial charge >= 0.3 is 13.8 Å². The Balaban J connectivity index is 2.22. The minimum Gasteiger partial charge on any atom is -0.480 e. The van der Waals surface area contributed by atoms with Crippen molar-refractivity contribution in [1.29, 1.82) is 0 Å². The minimum absolute atomic E-state index is 0.0326. The lowest BCUT2D eigenvalue weighted by Crippen LogP contribution is -2.42. The lowest BCUT2D eigenvalue weighted by atomic mass is 10.1. The lowest BCUT2D eigenvalue weighted by Gasteiger charge is -2.15. The number of carboxylic acids is 1. The molecule has 8 nitrogen and oxygen atoms in total. The third-order valence-corrected chi connectivity index (χ3v) is 5.90. The number of carbonyl (C=O) groups excluding carboxylic acids is 1. The van der Waals surface area contributed by atoms with Gasteiger partial charge in [0.15, 0.2) is 0 Å². The van der Waals surface area contributed by atoms with E-state index in [9.17, 15) is 19.3 Å². The first kappa shape index (κ1) is 33.1. The molecule has 1 aromatic rings. The molecule has 0 fully saturated rings. The van der Waals surface area contributed by atoms with Gasteiger partial charge in [-0.2, -0.15) is 0 Å². The summed E-state index contributed by atoms with van der Waals surface area (Å²) in [5, 5.41) is 12.0. The molecule has 0 radical (unpaired) electrons. The largest absolute Gasteiger partial charge is 0.524 e. The van der Waals surface area contributed by atoms with E-state index >= 15 is 0 Å². The van der Waals surface area contributed by atoms with Crippen molar-refractivity contribution < 1.29 is 33.6 Å². The number of rotatable bonds is 20. The average molecular weight is 548 g/mol. The van der Waals surface area contributed by atoms with E-state index < -0.39 is 19.8 Å². The molecule has 0 aromatic heterocycles. The molecule has 0 aliphatic carbocycles. The number of unbranched alkanes of at least 4 members (excludes halogenated alkanes) is 4. The second-order valence-corrected chi connectivity index (χ2v) is 10.0. The molecular weight excluding hydrogens is 505 g/mol. The molecule has 1 atom stereocenters. The van der Waals surface area contributed by atoms with E-state index in [1.807, 2.05) is 6.08 Å². The molecule has 1 rings (SSSR count). The number of nitrogens with one attached hydrogen (secondary N) is 1. The van der Waals surface area contributed by atoms with Crippen LogP contribution in [0.1, 0.15) is 76.7 Å². The fourth-order valence-corrected chi connectivity index (χ4v) is 3.86. The van der Waals surface area contributed by atoms with Gasteiger partial charge in [0.1, 0.15) is 11.8 Å². The van der Waals surface area contributed by atoms with Gasteiger partial charge in [-0.15, -0.1) is 0 Å². The number of carbonyl (C=O) groups is 2. The van der Waals surface area contributed by atoms with Gasteiger partial charge in [0.2, 0.25) is 5.91 Å². The second kappa shape index (κ2) is 20.1. The molecule has 0 saturated carbocycles. The Morgan fingerprint density at radius 3 is 1.89 bits per heavy atom. The maximum Gasteiger partial charge on any atom is 0.524 e. The summed E-state index contributed by atoms with van der Waals surface area (Å²) < 4.78 is 15.3. The van der Waals surface area contributed by atoms with Gasteiger partial charge in [-0.25, -0.2) is 9.36 Å². The van der Waals surface area contributed by atoms with Crippen molar-refractivity contribution in [1.82, 2.24) is 5.32 Å². The highest BCUT2D eigenvalue weighted by atomic mass is 31.2. The predicted octanol–water partition coefficient (Wildman–Crippen LogP) is 6.42. The second-order valence-electron chi connectivity index (χ2n) is 8.87. The molecule has 0 spiro atoms. The van der Waals surface area contributed by atoms with Gasteiger partial charge in [-0.1, -0.05) is 80.5 Å². The molecule has 0 bridgehead atoms. The Bertz CT molecular complexity index is 977. The first-order valence-corrected chi connectivity index (χ1v) is 14.7. The van der Waals surface area contributed by atoms with Gasteiger partial charge in [0.25, 0.3) is 0 Å². The van der Waals surface area contributed by atoms with E-state index in [-0.39, 0.29) is 24.5 Å². The van der Waals surface area contributed by atoms with Crippen LogP contribution < -0.4 is 9.84 Å². The van der Waals surface area contributed by atoms with Crippen molar-refractivity contribution in [3.63, 3.8) is 0 Å². The van der Waals surface area contributed by atoms with E-state index in [1.54, 1.807) is 0 Å². The van der Waals surface area contributed by atoms with Crippen LogP contribution in [0.15, 0.2) is 72.9 Å². The summed E-state index contributed by atoms with van der Waals surface area (Å²) in [7, 11) is -4.66. The molecule has 0 saturated heterocycles. The molecular formula is C29H42NO7P. The quantitative estimate of drug-likeness (QED) is 0.0841. The Labute approximate surface area is 226 Å². The first-order chi connectivity index (χ1) is 18.2. The summed E-state index contributed by atoms with van der Waals surface area (Å²) >= 11 is 0. The summed E-state index contributed by atoms with van der Waals surface area (Å²) in [5.74, 6) is -1.53. The van der Waals surface area contributed by atoms with Crippen molar-refractivity contribution in [3.05, 3.63) is 78.4 Å². The van der Waals surface area contributed by atoms with Crippen LogP contribution in [0.25, 0.3) is 0 Å². The summed E-state index contributed by atoms with van der Waals surface area (Å²) in [4.78, 5) is 41.4. The van der Waals surface area contributed by atoms with Gasteiger partial charge in [0.05, 0.1) is 0 Å². The Morgan fingerprint density at radius 1 is 0.868 bits per heavy atom. The highest BCUT2D eigenvalue weighted by Crippen LogP contribution is 2.37. The minimum atomic E-state index is -4.66. The number of hydrogen-bond donors (Lipinski definition) is 4. The number of aliphatic carboxylic acids is 1. The highest BCUT2D eigenvalue weighted by Gasteiger charge is 2.21. The molecule has 0 aliphatic rings. The Hall–Kier alpha value is -2.93. The lowest BCUT2D eigenvalue weighted by molar-refractivity contribution is -0.141. The number of phosphoric acid groups is 1. The third kappa shape index (κ3) is 18.3. The van der Waals surface area contributed by atoms with Crippen molar-refractivity contribution in [3.8, 4) is 5.75 Å². The molecule has 1 amide bonds. The zero-order chi connectivity index (χ0) is 28.1. The van der Waals surface area contributed by atoms with Crippen molar-refractivity contribution in [2.45, 2.75) is 83.6 Å². The number of allylic oxidation sites excluding steroid dienone is 8. The van der Waals surface area contributed by atoms with Crippen molar-refractivity contribution in [2.24, 2.45) is 0 Å². The van der Waals surface area contributed by atoms with E-state index in [1.165, 1.54) is 49.9 Å². The number of phosphoric ester groups is 1. The predicted molar refractivity (Wildman–Crippen MR) is 151 cm³/mol. The van der Waals surface area contributed by atoms with Crippen LogP contribution in [0.3, 0.4) is 0 Å². The van der Waals surface area contributed by atoms with Crippen LogP contribution in [-0.4, -0.2) is 32.8 Å². The van der Waals surface area contributed by atoms with Crippen molar-refractivity contribution in [2.75, 3.05) is 0 Å². The number of carboxylic acid groups (broad SMARTS) is 1. The summed E-state index contributed by atoms with van der Waals surface area (Å²) in [5.41, 5.74) is 0.580. The number of amides is 1. The van der Waals surface area contributed by atoms with E-state index in [4.69, 9.17) is 9.79 Å². The number of hydrogen-bond acceptors (Lipinski definition) is 4. The van der Waals surface area contributed by atoms with Crippen LogP contribution in [0, 0.1) is 0 Å². The zero-order valence-corrected chi connectivity index (χ0v) is 23.1. The molecule has 4 N–H and O–H groups in total. The molecule has 0 heterocycles. The molecule has 0 aliphatic heterocycles. The molecule has 0 unspecified atom stereocenters. The zero-order valence-electron chi connectivity index (χ0n) is 22.2. The summed E-state index contributed by atoms with van der Waals surface area (Å²) in [6.07, 6.45) is 26.4. The number of benzene rings is 1. The van der Waals surface area contributed by atoms with Gasteiger partial charge in [-0.3, -0.25) is 14.6 Å². The summed E-state index contributed by atoms with van der Waals surface area (Å²) in [6, 6.07) is 4.56. The molecule has 1 aromatic carbocycles. The van der Waals surface area contributed by atoms with Crippen LogP contribution in [0.2, 0.25) is 0 Å². The van der Waals surface area contributed by atoms with Crippen LogP contribution in [-0.2, 0) is 20.6 Å². The normalized spacial score (nSPS) is 13.1. The Kier molecular flexibility index (Phi) is 17.5. The maximum atomic E-state index is 12.2. The van der Waals surface area contributed by atoms with E-state index in [0.717, 1.165) is 25.7 Å². The molecule has 210 valence electrons.